The number of carboxylic acid groups (broad SMARTS) is 1. The predicted octanol–water partition coefficient (Wildman–Crippen LogP) is 1.78. The van der Waals surface area contributed by atoms with Gasteiger partial charge in [-0.3, -0.25) is 9.59 Å². The van der Waals surface area contributed by atoms with E-state index in [1.165, 1.54) is 11.3 Å². The summed E-state index contributed by atoms with van der Waals surface area (Å²) in [4.78, 5) is 29.2. The molecule has 1 aliphatic rings. The molecule has 0 bridgehead atoms. The van der Waals surface area contributed by atoms with Gasteiger partial charge in [-0.25, -0.2) is 4.98 Å². The van der Waals surface area contributed by atoms with Crippen LogP contribution in [0.3, 0.4) is 0 Å². The number of rotatable bonds is 3. The van der Waals surface area contributed by atoms with Gasteiger partial charge in [0, 0.05) is 18.5 Å². The van der Waals surface area contributed by atoms with Crippen LogP contribution in [0.4, 0.5) is 0 Å². The molecule has 1 saturated heterocycles. The summed E-state index contributed by atoms with van der Waals surface area (Å²) in [5, 5.41) is 11.9. The van der Waals surface area contributed by atoms with E-state index in [2.05, 4.69) is 4.98 Å². The summed E-state index contributed by atoms with van der Waals surface area (Å²) in [5.74, 6) is -0.967. The van der Waals surface area contributed by atoms with Crippen LogP contribution in [0.25, 0.3) is 0 Å². The smallest absolute Gasteiger partial charge is 0.311 e. The van der Waals surface area contributed by atoms with Gasteiger partial charge in [0.15, 0.2) is 0 Å². The Morgan fingerprint density at radius 1 is 1.61 bits per heavy atom. The first kappa shape index (κ1) is 13.0. The van der Waals surface area contributed by atoms with Crippen LogP contribution in [0.2, 0.25) is 0 Å². The monoisotopic (exact) mass is 268 g/mol. The number of likely N-dealkylation sites (tertiary alicyclic amines) is 1. The maximum Gasteiger partial charge on any atom is 0.311 e. The third-order valence-electron chi connectivity index (χ3n) is 3.61. The molecule has 1 amide bonds. The van der Waals surface area contributed by atoms with E-state index in [1.54, 1.807) is 10.3 Å². The normalized spacial score (nSPS) is 23.3. The molecule has 1 unspecified atom stereocenters. The van der Waals surface area contributed by atoms with E-state index in [-0.39, 0.29) is 12.5 Å². The largest absolute Gasteiger partial charge is 0.481 e. The summed E-state index contributed by atoms with van der Waals surface area (Å²) in [6, 6.07) is 0. The van der Waals surface area contributed by atoms with Gasteiger partial charge in [0.2, 0.25) is 0 Å². The molecule has 1 aromatic rings. The number of hydrogen-bond acceptors (Lipinski definition) is 4. The molecule has 5 nitrogen and oxygen atoms in total. The first-order valence-electron chi connectivity index (χ1n) is 5.93. The van der Waals surface area contributed by atoms with Crippen molar-refractivity contribution in [2.45, 2.75) is 26.7 Å². The second-order valence-corrected chi connectivity index (χ2v) is 5.73. The second-order valence-electron chi connectivity index (χ2n) is 4.67. The number of amides is 1. The summed E-state index contributed by atoms with van der Waals surface area (Å²) in [6.07, 6.45) is 1.07. The summed E-state index contributed by atoms with van der Waals surface area (Å²) in [5.41, 5.74) is -0.351. The van der Waals surface area contributed by atoms with Gasteiger partial charge in [-0.2, -0.15) is 0 Å². The average Bonchev–Trinajstić information content (AvgIpc) is 2.95. The summed E-state index contributed by atoms with van der Waals surface area (Å²) in [6.45, 7) is 4.48. The number of nitrogens with zero attached hydrogens (tertiary/aromatic N) is 2. The van der Waals surface area contributed by atoms with Gasteiger partial charge in [0.05, 0.1) is 10.4 Å². The van der Waals surface area contributed by atoms with Gasteiger partial charge in [-0.1, -0.05) is 6.92 Å². The standard InChI is InChI=1S/C12H16N2O3S/c1-3-12(11(16)17)4-5-14(7-12)10(15)9-6-18-8(2)13-9/h6H,3-5,7H2,1-2H3,(H,16,17). The zero-order valence-corrected chi connectivity index (χ0v) is 11.3. The molecule has 18 heavy (non-hydrogen) atoms. The molecule has 0 saturated carbocycles. The fraction of sp³-hybridized carbons (Fsp3) is 0.583. The van der Waals surface area contributed by atoms with Gasteiger partial charge in [0.1, 0.15) is 5.69 Å². The molecule has 6 heteroatoms. The van der Waals surface area contributed by atoms with Crippen LogP contribution in [0.15, 0.2) is 5.38 Å². The van der Waals surface area contributed by atoms with Crippen molar-refractivity contribution in [3.63, 3.8) is 0 Å². The molecule has 1 atom stereocenters. The van der Waals surface area contributed by atoms with Crippen molar-refractivity contribution in [1.29, 1.82) is 0 Å². The highest BCUT2D eigenvalue weighted by Gasteiger charge is 2.45. The van der Waals surface area contributed by atoms with Crippen molar-refractivity contribution >= 4 is 23.2 Å². The van der Waals surface area contributed by atoms with Crippen LogP contribution in [0.1, 0.15) is 35.3 Å². The number of carbonyl (C=O) groups is 2. The maximum atomic E-state index is 12.2. The minimum Gasteiger partial charge on any atom is -0.481 e. The van der Waals surface area contributed by atoms with E-state index in [1.807, 2.05) is 13.8 Å². The number of aromatic nitrogens is 1. The third-order valence-corrected chi connectivity index (χ3v) is 4.38. The quantitative estimate of drug-likeness (QED) is 0.907. The van der Waals surface area contributed by atoms with Gasteiger partial charge in [-0.15, -0.1) is 11.3 Å². The topological polar surface area (TPSA) is 70.5 Å². The number of aryl methyl sites for hydroxylation is 1. The van der Waals surface area contributed by atoms with Crippen LogP contribution < -0.4 is 0 Å². The lowest BCUT2D eigenvalue weighted by Crippen LogP contribution is -2.36. The van der Waals surface area contributed by atoms with Crippen LogP contribution in [-0.4, -0.2) is 40.0 Å². The SMILES string of the molecule is CCC1(C(=O)O)CCN(C(=O)c2csc(C)n2)C1. The number of aliphatic carboxylic acids is 1. The van der Waals surface area contributed by atoms with Gasteiger partial charge < -0.3 is 10.0 Å². The Morgan fingerprint density at radius 3 is 2.78 bits per heavy atom. The molecule has 1 fully saturated rings. The zero-order chi connectivity index (χ0) is 13.3. The maximum absolute atomic E-state index is 12.2. The zero-order valence-electron chi connectivity index (χ0n) is 10.5. The van der Waals surface area contributed by atoms with E-state index >= 15 is 0 Å². The second kappa shape index (κ2) is 4.68. The van der Waals surface area contributed by atoms with Gasteiger partial charge in [-0.05, 0) is 19.8 Å². The molecule has 2 rings (SSSR count). The predicted molar refractivity (Wildman–Crippen MR) is 67.7 cm³/mol. The van der Waals surface area contributed by atoms with Crippen molar-refractivity contribution < 1.29 is 14.7 Å². The van der Waals surface area contributed by atoms with Gasteiger partial charge in [0.25, 0.3) is 5.91 Å². The molecule has 1 N–H and O–H groups in total. The van der Waals surface area contributed by atoms with Crippen molar-refractivity contribution in [3.8, 4) is 0 Å². The lowest BCUT2D eigenvalue weighted by atomic mass is 9.84. The molecule has 1 aliphatic heterocycles. The fourth-order valence-electron chi connectivity index (χ4n) is 2.28. The highest BCUT2D eigenvalue weighted by molar-refractivity contribution is 7.09. The number of carbonyl (C=O) groups excluding carboxylic acids is 1. The van der Waals surface area contributed by atoms with E-state index in [9.17, 15) is 14.7 Å². The molecule has 1 aromatic heterocycles. The minimum atomic E-state index is -0.810. The number of thiazole rings is 1. The lowest BCUT2D eigenvalue weighted by Gasteiger charge is -2.22. The van der Waals surface area contributed by atoms with Crippen molar-refractivity contribution in [3.05, 3.63) is 16.1 Å². The highest BCUT2D eigenvalue weighted by atomic mass is 32.1. The lowest BCUT2D eigenvalue weighted by molar-refractivity contribution is -0.148. The Balaban J connectivity index is 2.13. The van der Waals surface area contributed by atoms with Crippen LogP contribution >= 0.6 is 11.3 Å². The van der Waals surface area contributed by atoms with E-state index in [0.717, 1.165) is 5.01 Å². The molecule has 2 heterocycles. The summed E-state index contributed by atoms with van der Waals surface area (Å²) in [7, 11) is 0. The first-order valence-corrected chi connectivity index (χ1v) is 6.81. The fourth-order valence-corrected chi connectivity index (χ4v) is 2.87. The number of hydrogen-bond donors (Lipinski definition) is 1. The molecule has 98 valence electrons. The Hall–Kier alpha value is -1.43. The third kappa shape index (κ3) is 2.12. The highest BCUT2D eigenvalue weighted by Crippen LogP contribution is 2.34. The molecule has 0 radical (unpaired) electrons. The van der Waals surface area contributed by atoms with Crippen molar-refractivity contribution in [2.75, 3.05) is 13.1 Å². The molecular weight excluding hydrogens is 252 g/mol. The van der Waals surface area contributed by atoms with E-state index < -0.39 is 11.4 Å². The Labute approximate surface area is 109 Å². The van der Waals surface area contributed by atoms with E-state index in [4.69, 9.17) is 0 Å². The minimum absolute atomic E-state index is 0.157. The Kier molecular flexibility index (Phi) is 3.38. The molecule has 0 aliphatic carbocycles. The van der Waals surface area contributed by atoms with Gasteiger partial charge >= 0.3 is 5.97 Å². The summed E-state index contributed by atoms with van der Waals surface area (Å²) < 4.78 is 0. The van der Waals surface area contributed by atoms with Crippen molar-refractivity contribution in [1.82, 2.24) is 9.88 Å². The Bertz CT molecular complexity index is 485. The van der Waals surface area contributed by atoms with Crippen LogP contribution in [0.5, 0.6) is 0 Å². The Morgan fingerprint density at radius 2 is 2.33 bits per heavy atom. The first-order chi connectivity index (χ1) is 8.48. The number of carboxylic acids is 1. The molecular formula is C12H16N2O3S. The molecule has 0 aromatic carbocycles. The van der Waals surface area contributed by atoms with Crippen LogP contribution in [-0.2, 0) is 4.79 Å². The average molecular weight is 268 g/mol. The van der Waals surface area contributed by atoms with Crippen molar-refractivity contribution in [2.24, 2.45) is 5.41 Å². The van der Waals surface area contributed by atoms with Crippen LogP contribution in [0, 0.1) is 12.3 Å². The summed E-state index contributed by atoms with van der Waals surface area (Å²) >= 11 is 1.43. The van der Waals surface area contributed by atoms with E-state index in [0.29, 0.717) is 25.1 Å². The molecule has 0 spiro atoms.